The first-order valence-electron chi connectivity index (χ1n) is 8.60. The van der Waals surface area contributed by atoms with Gasteiger partial charge in [-0.05, 0) is 17.2 Å². The third-order valence-corrected chi connectivity index (χ3v) is 3.25. The van der Waals surface area contributed by atoms with Crippen LogP contribution in [0, 0.1) is 0 Å². The van der Waals surface area contributed by atoms with Gasteiger partial charge in [0.05, 0.1) is 0 Å². The molecule has 1 N–H and O–H groups in total. The van der Waals surface area contributed by atoms with Crippen LogP contribution in [0.2, 0.25) is 0 Å². The summed E-state index contributed by atoms with van der Waals surface area (Å²) in [5.41, 5.74) is 2.29. The van der Waals surface area contributed by atoms with Crippen molar-refractivity contribution >= 4 is 14.5 Å². The molecule has 16 heteroatoms. The molecule has 3 nitrogen and oxygen atoms in total. The van der Waals surface area contributed by atoms with Crippen molar-refractivity contribution in [3.63, 3.8) is 0 Å². The molecule has 1 aromatic carbocycles. The zero-order chi connectivity index (χ0) is 25.3. The van der Waals surface area contributed by atoms with E-state index < -0.39 is 20.9 Å². The van der Waals surface area contributed by atoms with Gasteiger partial charge in [-0.15, -0.1) is 13.2 Å². The number of alkyl halides is 3. The van der Waals surface area contributed by atoms with Crippen molar-refractivity contribution in [1.29, 1.82) is 0 Å². The minimum atomic E-state index is -6.00. The number of benzene rings is 1. The van der Waals surface area contributed by atoms with Crippen molar-refractivity contribution in [1.82, 2.24) is 0 Å². The van der Waals surface area contributed by atoms with Gasteiger partial charge in [0.2, 0.25) is 5.75 Å². The predicted molar refractivity (Wildman–Crippen MR) is 97.0 cm³/mol. The number of H-pyrrole nitrogens is 1. The van der Waals surface area contributed by atoms with Crippen molar-refractivity contribution in [2.75, 3.05) is 0 Å². The van der Waals surface area contributed by atoms with E-state index in [1.165, 1.54) is 12.1 Å². The second kappa shape index (κ2) is 11.5. The molecule has 0 bridgehead atoms. The molecule has 2 aromatic heterocycles. The van der Waals surface area contributed by atoms with Gasteiger partial charge in [-0.25, -0.2) is 4.98 Å². The lowest BCUT2D eigenvalue weighted by molar-refractivity contribution is -0.596. The molecule has 0 saturated heterocycles. The summed E-state index contributed by atoms with van der Waals surface area (Å²) < 4.78 is 121. The van der Waals surface area contributed by atoms with Gasteiger partial charge in [-0.1, -0.05) is 12.1 Å². The summed E-state index contributed by atoms with van der Waals surface area (Å²) in [7, 11) is -12.0. The Morgan fingerprint density at radius 1 is 0.667 bits per heavy atom. The number of rotatable bonds is 3. The van der Waals surface area contributed by atoms with E-state index in [-0.39, 0.29) is 5.75 Å². The van der Waals surface area contributed by atoms with Crippen LogP contribution < -0.4 is 14.3 Å². The molecule has 0 radical (unpaired) electrons. The van der Waals surface area contributed by atoms with Crippen LogP contribution >= 0.6 is 0 Å². The van der Waals surface area contributed by atoms with E-state index in [0.717, 1.165) is 11.1 Å². The Kier molecular flexibility index (Phi) is 9.67. The van der Waals surface area contributed by atoms with Gasteiger partial charge in [0.15, 0.2) is 24.8 Å². The van der Waals surface area contributed by atoms with Crippen LogP contribution in [0.5, 0.6) is 5.75 Å². The van der Waals surface area contributed by atoms with Crippen LogP contribution in [-0.4, -0.2) is 20.9 Å². The maximum absolute atomic E-state index is 12.5. The first-order valence-corrected chi connectivity index (χ1v) is 8.60. The lowest BCUT2D eigenvalue weighted by atomic mass is 10.1. The fraction of sp³-hybridized carbons (Fsp3) is 0.0588. The number of ether oxygens (including phenoxy) is 1. The molecule has 33 heavy (non-hydrogen) atoms. The third kappa shape index (κ3) is 13.6. The van der Waals surface area contributed by atoms with Crippen molar-refractivity contribution in [2.24, 2.45) is 0 Å². The zero-order valence-corrected chi connectivity index (χ0v) is 16.1. The van der Waals surface area contributed by atoms with E-state index in [4.69, 9.17) is 0 Å². The van der Waals surface area contributed by atoms with E-state index >= 15 is 0 Å². The normalized spacial score (nSPS) is 11.5. The summed E-state index contributed by atoms with van der Waals surface area (Å²) >= 11 is 0. The Balaban J connectivity index is 0.000000460. The monoisotopic (exact) mass is 492 g/mol. The first-order chi connectivity index (χ1) is 15.0. The molecule has 0 spiro atoms. The van der Waals surface area contributed by atoms with Gasteiger partial charge < -0.3 is 39.3 Å². The highest BCUT2D eigenvalue weighted by atomic mass is 19.5. The predicted octanol–water partition coefficient (Wildman–Crippen LogP) is 5.94. The van der Waals surface area contributed by atoms with E-state index in [1.54, 1.807) is 29.1 Å². The van der Waals surface area contributed by atoms with E-state index in [0.29, 0.717) is 5.69 Å². The van der Waals surface area contributed by atoms with Gasteiger partial charge in [-0.3, -0.25) is 0 Å². The molecule has 3 aromatic rings. The van der Waals surface area contributed by atoms with Crippen LogP contribution in [0.3, 0.4) is 0 Å². The third-order valence-electron chi connectivity index (χ3n) is 3.25. The molecule has 0 aliphatic rings. The van der Waals surface area contributed by atoms with Crippen LogP contribution in [0.4, 0.5) is 47.7 Å². The van der Waals surface area contributed by atoms with Gasteiger partial charge >= 0.3 is 20.9 Å². The average molecular weight is 492 g/mol. The Hall–Kier alpha value is -3.32. The number of aromatic nitrogens is 2. The second-order valence-electron chi connectivity index (χ2n) is 5.79. The largest absolute Gasteiger partial charge is 0.673 e. The van der Waals surface area contributed by atoms with Crippen molar-refractivity contribution < 1.29 is 62.0 Å². The molecule has 3 rings (SSSR count). The molecule has 2 heterocycles. The minimum Gasteiger partial charge on any atom is -0.418 e. The molecule has 0 fully saturated rings. The number of pyridine rings is 2. The topological polar surface area (TPSA) is 27.2 Å². The van der Waals surface area contributed by atoms with Crippen LogP contribution in [0.1, 0.15) is 0 Å². The average Bonchev–Trinajstić information content (AvgIpc) is 2.66. The zero-order valence-electron chi connectivity index (χ0n) is 16.1. The first kappa shape index (κ1) is 27.7. The molecular formula is C17H13B2F11N2O. The van der Waals surface area contributed by atoms with Gasteiger partial charge in [-0.2, -0.15) is 4.57 Å². The minimum absolute atomic E-state index is 0.243. The fourth-order valence-electron chi connectivity index (χ4n) is 2.24. The van der Waals surface area contributed by atoms with Crippen molar-refractivity contribution in [2.45, 2.75) is 6.36 Å². The summed E-state index contributed by atoms with van der Waals surface area (Å²) in [6, 6.07) is 13.5. The van der Waals surface area contributed by atoms with Crippen molar-refractivity contribution in [3.05, 3.63) is 73.3 Å². The molecule has 0 aliphatic carbocycles. The fourth-order valence-corrected chi connectivity index (χ4v) is 2.24. The summed E-state index contributed by atoms with van der Waals surface area (Å²) in [6.07, 6.45) is 2.29. The number of hydrogen-bond donors (Lipinski definition) is 0. The Morgan fingerprint density at radius 3 is 1.55 bits per heavy atom. The molecule has 0 unspecified atom stereocenters. The Labute approximate surface area is 179 Å². The van der Waals surface area contributed by atoms with Gasteiger partial charge in [0.1, 0.15) is 0 Å². The standard InChI is InChI=1S/C17H12F3N2O.2BF4/c18-17(19,20)23-16-4-2-1-3-15(16)22-11-7-14(8-12-22)13-5-9-21-10-6-13;2*2-1(3,4)5/h1-12H;;/q+1;2*-1/p+1. The second-order valence-corrected chi connectivity index (χ2v) is 5.79. The molecule has 180 valence electrons. The number of para-hydroxylation sites is 2. The van der Waals surface area contributed by atoms with Crippen molar-refractivity contribution in [3.8, 4) is 22.6 Å². The highest BCUT2D eigenvalue weighted by Gasteiger charge is 2.33. The van der Waals surface area contributed by atoms with Gasteiger partial charge in [0, 0.05) is 30.3 Å². The summed E-state index contributed by atoms with van der Waals surface area (Å²) in [5, 5.41) is 0. The van der Waals surface area contributed by atoms with Crippen LogP contribution in [0.25, 0.3) is 16.8 Å². The van der Waals surface area contributed by atoms with E-state index in [1.807, 2.05) is 36.7 Å². The lowest BCUT2D eigenvalue weighted by Gasteiger charge is -2.09. The number of nitrogens with zero attached hydrogens (tertiary/aromatic N) is 1. The Morgan fingerprint density at radius 2 is 1.09 bits per heavy atom. The molecule has 0 aliphatic heterocycles. The summed E-state index contributed by atoms with van der Waals surface area (Å²) in [5.74, 6) is -0.243. The van der Waals surface area contributed by atoms with Gasteiger partial charge in [0.25, 0.3) is 5.69 Å². The maximum atomic E-state index is 12.5. The maximum Gasteiger partial charge on any atom is 0.673 e. The Bertz CT molecular complexity index is 955. The number of hydrogen-bond acceptors (Lipinski definition) is 1. The SMILES string of the molecule is FC(F)(F)Oc1ccccc1-[n+]1ccc(-c2cc[nH+]cc2)cc1.F[B-](F)(F)F.F[B-](F)(F)F. The highest BCUT2D eigenvalue weighted by Crippen LogP contribution is 2.26. The smallest absolute Gasteiger partial charge is 0.418 e. The van der Waals surface area contributed by atoms with Crippen LogP contribution in [0.15, 0.2) is 73.3 Å². The lowest BCUT2D eigenvalue weighted by Crippen LogP contribution is -2.31. The number of halogens is 11. The molecule has 0 amide bonds. The van der Waals surface area contributed by atoms with E-state index in [2.05, 4.69) is 9.72 Å². The summed E-state index contributed by atoms with van der Waals surface area (Å²) in [4.78, 5) is 2.94. The molecular weight excluding hydrogens is 479 g/mol. The highest BCUT2D eigenvalue weighted by molar-refractivity contribution is 6.50. The van der Waals surface area contributed by atoms with E-state index in [9.17, 15) is 47.7 Å². The molecule has 0 atom stereocenters. The summed E-state index contributed by atoms with van der Waals surface area (Å²) in [6.45, 7) is 0. The van der Waals surface area contributed by atoms with Crippen LogP contribution in [-0.2, 0) is 0 Å². The quantitative estimate of drug-likeness (QED) is 0.253. The number of aromatic amines is 1. The molecule has 0 saturated carbocycles. The number of nitrogens with one attached hydrogen (secondary N) is 1.